The average Bonchev–Trinajstić information content (AvgIpc) is 3.53. The highest BCUT2D eigenvalue weighted by atomic mass is 19.1. The molecule has 0 unspecified atom stereocenters. The lowest BCUT2D eigenvalue weighted by Crippen LogP contribution is -2.43. The second-order valence-electron chi connectivity index (χ2n) is 15.2. The van der Waals surface area contributed by atoms with Crippen LogP contribution >= 0.6 is 0 Å². The zero-order valence-electron chi connectivity index (χ0n) is 31.6. The van der Waals surface area contributed by atoms with Gasteiger partial charge in [0.25, 0.3) is 5.91 Å². The summed E-state index contributed by atoms with van der Waals surface area (Å²) >= 11 is 0. The number of piperazine rings is 1. The number of carbonyl (C=O) groups excluding carboxylic acids is 1. The van der Waals surface area contributed by atoms with E-state index in [0.29, 0.717) is 30.7 Å². The molecule has 2 aromatic heterocycles. The van der Waals surface area contributed by atoms with E-state index in [-0.39, 0.29) is 28.4 Å². The first kappa shape index (κ1) is 40.0. The van der Waals surface area contributed by atoms with Crippen molar-refractivity contribution in [1.82, 2.24) is 30.5 Å². The monoisotopic (exact) mass is 716 g/mol. The van der Waals surface area contributed by atoms with Crippen molar-refractivity contribution >= 4 is 28.6 Å². The van der Waals surface area contributed by atoms with Crippen LogP contribution in [0.2, 0.25) is 0 Å². The van der Waals surface area contributed by atoms with Crippen LogP contribution < -0.4 is 38.0 Å². The van der Waals surface area contributed by atoms with Crippen molar-refractivity contribution in [3.8, 4) is 5.69 Å². The number of hydrogen-bond acceptors (Lipinski definition) is 7. The molecular weight excluding hydrogens is 659 g/mol. The summed E-state index contributed by atoms with van der Waals surface area (Å²) in [6.07, 6.45) is 3.06. The Labute approximate surface area is 306 Å². The van der Waals surface area contributed by atoms with Gasteiger partial charge in [-0.05, 0) is 72.3 Å². The highest BCUT2D eigenvalue weighted by Crippen LogP contribution is 2.29. The fourth-order valence-corrected chi connectivity index (χ4v) is 5.65. The summed E-state index contributed by atoms with van der Waals surface area (Å²) < 4.78 is 13.8. The summed E-state index contributed by atoms with van der Waals surface area (Å²) in [6.45, 7) is 18.7. The fourth-order valence-electron chi connectivity index (χ4n) is 5.65. The number of nitrogens with zero attached hydrogens (tertiary/aromatic N) is 4. The van der Waals surface area contributed by atoms with Gasteiger partial charge >= 0.3 is 5.69 Å². The normalized spacial score (nSPS) is 13.4. The minimum Gasteiger partial charge on any atom is -0.370 e. The largest absolute Gasteiger partial charge is 0.370 e. The number of nitrogens with one attached hydrogen (secondary N) is 4. The fraction of sp³-hybridized carbons (Fsp3) is 0.487. The lowest BCUT2D eigenvalue weighted by molar-refractivity contribution is 0.0952. The Balaban J connectivity index is 0.000000239. The lowest BCUT2D eigenvalue weighted by atomic mass is 9.85. The lowest BCUT2D eigenvalue weighted by Gasteiger charge is -2.31. The predicted molar refractivity (Wildman–Crippen MR) is 211 cm³/mol. The number of anilines is 1. The van der Waals surface area contributed by atoms with Gasteiger partial charge in [-0.3, -0.25) is 18.7 Å². The third-order valence-corrected chi connectivity index (χ3v) is 8.79. The molecule has 8 N–H and O–H groups in total. The van der Waals surface area contributed by atoms with E-state index >= 15 is 0 Å². The van der Waals surface area contributed by atoms with Gasteiger partial charge in [0.1, 0.15) is 5.65 Å². The van der Waals surface area contributed by atoms with Crippen molar-refractivity contribution in [2.24, 2.45) is 16.5 Å². The molecule has 0 radical (unpaired) electrons. The summed E-state index contributed by atoms with van der Waals surface area (Å²) in [5.74, 6) is -0.00119. The minimum atomic E-state index is -0.408. The van der Waals surface area contributed by atoms with Gasteiger partial charge in [-0.1, -0.05) is 53.7 Å². The quantitative estimate of drug-likeness (QED) is 0.0718. The zero-order chi connectivity index (χ0) is 37.9. The number of H-pyrrole nitrogens is 1. The van der Waals surface area contributed by atoms with Crippen LogP contribution in [0.3, 0.4) is 0 Å². The van der Waals surface area contributed by atoms with Crippen LogP contribution in [-0.2, 0) is 17.4 Å². The first-order chi connectivity index (χ1) is 24.7. The van der Waals surface area contributed by atoms with Crippen LogP contribution in [0.1, 0.15) is 81.6 Å². The van der Waals surface area contributed by atoms with Crippen LogP contribution in [0.4, 0.5) is 10.1 Å². The number of benzene rings is 2. The molecule has 0 spiro atoms. The van der Waals surface area contributed by atoms with Crippen molar-refractivity contribution in [3.63, 3.8) is 0 Å². The Morgan fingerprint density at radius 1 is 0.942 bits per heavy atom. The van der Waals surface area contributed by atoms with Crippen molar-refractivity contribution in [2.75, 3.05) is 57.4 Å². The van der Waals surface area contributed by atoms with Gasteiger partial charge in [0, 0.05) is 79.8 Å². The van der Waals surface area contributed by atoms with E-state index in [1.165, 1.54) is 0 Å². The Morgan fingerprint density at radius 2 is 1.65 bits per heavy atom. The maximum Gasteiger partial charge on any atom is 0.354 e. The van der Waals surface area contributed by atoms with E-state index in [4.69, 9.17) is 11.5 Å². The number of amides is 1. The number of aliphatic imine (C=N–C) groups is 1. The standard InChI is InChI=1S/C21H29N7O.C18H28FN3O/c1-21(2,3)17-11-15-13-28(20(29)27-18(15)26-17)16-7-5-14(6-8-16)12-24-9-4-10-25-19(22)23;1-18(2,3)15-11-14(17(23)21-6-4-5-19)12-16(13-15)22-9-7-20-8-10-22/h5-8,11,13,24H,4,9-10,12H2,1-3H3,(H4,22,23,25)(H,26,27,29);11-13,20H,4-10H2,1-3H3,(H,21,23). The number of aromatic amines is 1. The molecular formula is C39H57FN10O2. The predicted octanol–water partition coefficient (Wildman–Crippen LogP) is 4.25. The SMILES string of the molecule is CC(C)(C)c1cc(C(=O)NCCCF)cc(N2CCNCC2)c1.CC(C)(C)c1cc2cn(-c3ccc(CNCCCN=C(N)N)cc3)c(=O)nc2[nH]1. The number of hydrogen-bond donors (Lipinski definition) is 6. The average molecular weight is 717 g/mol. The molecule has 13 heteroatoms. The molecule has 1 aliphatic heterocycles. The third-order valence-electron chi connectivity index (χ3n) is 8.79. The Kier molecular flexibility index (Phi) is 14.0. The summed E-state index contributed by atoms with van der Waals surface area (Å²) in [4.78, 5) is 38.6. The van der Waals surface area contributed by atoms with Crippen LogP contribution in [0.25, 0.3) is 16.7 Å². The third kappa shape index (κ3) is 11.6. The van der Waals surface area contributed by atoms with Crippen LogP contribution in [0, 0.1) is 0 Å². The number of rotatable bonds is 12. The maximum absolute atomic E-state index is 12.5. The Hall–Kier alpha value is -4.75. The van der Waals surface area contributed by atoms with E-state index in [0.717, 1.165) is 79.3 Å². The van der Waals surface area contributed by atoms with E-state index in [1.807, 2.05) is 42.6 Å². The molecule has 1 fully saturated rings. The van der Waals surface area contributed by atoms with Gasteiger partial charge in [0.15, 0.2) is 5.96 Å². The summed E-state index contributed by atoms with van der Waals surface area (Å²) in [6, 6.07) is 16.0. The van der Waals surface area contributed by atoms with Gasteiger partial charge in [-0.25, -0.2) is 4.79 Å². The van der Waals surface area contributed by atoms with Crippen molar-refractivity contribution in [2.45, 2.75) is 71.8 Å². The second kappa shape index (κ2) is 18.1. The minimum absolute atomic E-state index is 0.0297. The topological polar surface area (TPSA) is 171 Å². The molecule has 1 saturated heterocycles. The summed E-state index contributed by atoms with van der Waals surface area (Å²) in [5, 5.41) is 10.4. The number of aromatic nitrogens is 3. The number of guanidine groups is 1. The molecule has 1 amide bonds. The molecule has 0 aliphatic carbocycles. The smallest absolute Gasteiger partial charge is 0.354 e. The molecule has 0 saturated carbocycles. The van der Waals surface area contributed by atoms with E-state index in [1.54, 1.807) is 4.57 Å². The Bertz CT molecular complexity index is 1840. The number of nitrogens with two attached hydrogens (primary N) is 2. The summed E-state index contributed by atoms with van der Waals surface area (Å²) in [5.41, 5.74) is 16.7. The highest BCUT2D eigenvalue weighted by Gasteiger charge is 2.21. The van der Waals surface area contributed by atoms with Gasteiger partial charge in [-0.2, -0.15) is 4.98 Å². The van der Waals surface area contributed by atoms with Crippen molar-refractivity contribution < 1.29 is 9.18 Å². The summed E-state index contributed by atoms with van der Waals surface area (Å²) in [7, 11) is 0. The van der Waals surface area contributed by atoms with Crippen LogP contribution in [-0.4, -0.2) is 78.9 Å². The molecule has 1 aliphatic rings. The first-order valence-electron chi connectivity index (χ1n) is 18.1. The van der Waals surface area contributed by atoms with E-state index in [9.17, 15) is 14.0 Å². The molecule has 0 atom stereocenters. The molecule has 12 nitrogen and oxygen atoms in total. The van der Waals surface area contributed by atoms with E-state index in [2.05, 4.69) is 89.5 Å². The van der Waals surface area contributed by atoms with Crippen molar-refractivity contribution in [1.29, 1.82) is 0 Å². The Morgan fingerprint density at radius 3 is 2.29 bits per heavy atom. The van der Waals surface area contributed by atoms with E-state index < -0.39 is 6.67 Å². The van der Waals surface area contributed by atoms with Gasteiger partial charge in [0.05, 0.1) is 12.4 Å². The maximum atomic E-state index is 12.5. The van der Waals surface area contributed by atoms with Gasteiger partial charge < -0.3 is 37.3 Å². The number of carbonyl (C=O) groups is 1. The zero-order valence-corrected chi connectivity index (χ0v) is 31.6. The molecule has 282 valence electrons. The van der Waals surface area contributed by atoms with Crippen molar-refractivity contribution in [3.05, 3.63) is 87.6 Å². The van der Waals surface area contributed by atoms with Gasteiger partial charge in [-0.15, -0.1) is 0 Å². The number of halogens is 1. The number of fused-ring (bicyclic) bond motifs is 1. The van der Waals surface area contributed by atoms with Crippen LogP contribution in [0.15, 0.2) is 64.5 Å². The van der Waals surface area contributed by atoms with Crippen LogP contribution in [0.5, 0.6) is 0 Å². The number of alkyl halides is 1. The molecule has 0 bridgehead atoms. The molecule has 2 aromatic carbocycles. The molecule has 5 rings (SSSR count). The first-order valence-corrected chi connectivity index (χ1v) is 18.1. The van der Waals surface area contributed by atoms with Gasteiger partial charge in [0.2, 0.25) is 0 Å². The highest BCUT2D eigenvalue weighted by molar-refractivity contribution is 5.95. The molecule has 4 aromatic rings. The second-order valence-corrected chi connectivity index (χ2v) is 15.2. The molecule has 52 heavy (non-hydrogen) atoms. The molecule has 3 heterocycles.